The normalized spacial score (nSPS) is 10.8. The molecule has 2 aromatic carbocycles. The number of ether oxygens (including phenoxy) is 1. The number of hydrogen-bond acceptors (Lipinski definition) is 3. The molecule has 4 nitrogen and oxygen atoms in total. The van der Waals surface area contributed by atoms with Gasteiger partial charge in [0.2, 0.25) is 5.43 Å². The van der Waals surface area contributed by atoms with Crippen molar-refractivity contribution in [2.24, 2.45) is 0 Å². The molecular formula is C19H15F2NO3. The Morgan fingerprint density at radius 3 is 2.44 bits per heavy atom. The molecule has 128 valence electrons. The molecule has 0 saturated carbocycles. The summed E-state index contributed by atoms with van der Waals surface area (Å²) < 4.78 is 34.4. The maximum Gasteiger partial charge on any atom is 0.343 e. The van der Waals surface area contributed by atoms with Gasteiger partial charge in [0.25, 0.3) is 0 Å². The first-order chi connectivity index (χ1) is 12.0. The first-order valence-electron chi connectivity index (χ1n) is 7.75. The number of esters is 1. The molecule has 0 aliphatic carbocycles. The summed E-state index contributed by atoms with van der Waals surface area (Å²) in [4.78, 5) is 24.6. The molecule has 0 amide bonds. The highest BCUT2D eigenvalue weighted by Crippen LogP contribution is 2.18. The predicted octanol–water partition coefficient (Wildman–Crippen LogP) is 3.50. The fourth-order valence-corrected chi connectivity index (χ4v) is 2.68. The SMILES string of the molecule is CCOC(=O)c1cn(Cc2c(F)cccc2F)c2ccccc2c1=O. The van der Waals surface area contributed by atoms with E-state index in [0.717, 1.165) is 12.1 Å². The van der Waals surface area contributed by atoms with Crippen LogP contribution in [0, 0.1) is 11.6 Å². The van der Waals surface area contributed by atoms with Crippen LogP contribution < -0.4 is 5.43 Å². The minimum Gasteiger partial charge on any atom is -0.462 e. The van der Waals surface area contributed by atoms with Crippen LogP contribution in [0.2, 0.25) is 0 Å². The number of halogens is 2. The van der Waals surface area contributed by atoms with Crippen molar-refractivity contribution < 1.29 is 18.3 Å². The van der Waals surface area contributed by atoms with Gasteiger partial charge >= 0.3 is 5.97 Å². The molecule has 0 aliphatic rings. The van der Waals surface area contributed by atoms with Crippen LogP contribution in [0.4, 0.5) is 8.78 Å². The maximum atomic E-state index is 14.0. The van der Waals surface area contributed by atoms with Gasteiger partial charge in [0.1, 0.15) is 17.2 Å². The van der Waals surface area contributed by atoms with E-state index in [9.17, 15) is 18.4 Å². The van der Waals surface area contributed by atoms with Crippen LogP contribution in [-0.2, 0) is 11.3 Å². The number of fused-ring (bicyclic) bond motifs is 1. The van der Waals surface area contributed by atoms with Crippen molar-refractivity contribution in [3.05, 3.63) is 81.6 Å². The number of carbonyl (C=O) groups excluding carboxylic acids is 1. The van der Waals surface area contributed by atoms with Crippen molar-refractivity contribution in [2.75, 3.05) is 6.61 Å². The molecule has 0 fully saturated rings. The van der Waals surface area contributed by atoms with Gasteiger partial charge in [0, 0.05) is 17.1 Å². The molecule has 0 unspecified atom stereocenters. The summed E-state index contributed by atoms with van der Waals surface area (Å²) in [6.07, 6.45) is 1.29. The zero-order valence-corrected chi connectivity index (χ0v) is 13.5. The first kappa shape index (κ1) is 16.8. The summed E-state index contributed by atoms with van der Waals surface area (Å²) in [5, 5.41) is 0.282. The van der Waals surface area contributed by atoms with Crippen molar-refractivity contribution in [1.82, 2.24) is 4.57 Å². The Labute approximate surface area is 142 Å². The topological polar surface area (TPSA) is 48.3 Å². The van der Waals surface area contributed by atoms with E-state index in [0.29, 0.717) is 5.52 Å². The second-order valence-electron chi connectivity index (χ2n) is 5.44. The van der Waals surface area contributed by atoms with Gasteiger partial charge in [-0.05, 0) is 31.2 Å². The number of pyridine rings is 1. The lowest BCUT2D eigenvalue weighted by atomic mass is 10.1. The molecule has 1 heterocycles. The van der Waals surface area contributed by atoms with Gasteiger partial charge in [0.15, 0.2) is 0 Å². The number of benzene rings is 2. The molecule has 3 aromatic rings. The minimum atomic E-state index is -0.763. The molecule has 3 rings (SSSR count). The van der Waals surface area contributed by atoms with Crippen molar-refractivity contribution in [3.8, 4) is 0 Å². The zero-order chi connectivity index (χ0) is 18.0. The van der Waals surface area contributed by atoms with E-state index in [1.165, 1.54) is 16.8 Å². The number of hydrogen-bond donors (Lipinski definition) is 0. The Balaban J connectivity index is 2.22. The fraction of sp³-hybridized carbons (Fsp3) is 0.158. The molecule has 6 heteroatoms. The van der Waals surface area contributed by atoms with E-state index in [-0.39, 0.29) is 29.7 Å². The summed E-state index contributed by atoms with van der Waals surface area (Å²) in [5.74, 6) is -2.15. The molecule has 0 bridgehead atoms. The van der Waals surface area contributed by atoms with Crippen LogP contribution in [-0.4, -0.2) is 17.1 Å². The number of nitrogens with zero attached hydrogens (tertiary/aromatic N) is 1. The van der Waals surface area contributed by atoms with Crippen molar-refractivity contribution in [2.45, 2.75) is 13.5 Å². The third-order valence-corrected chi connectivity index (χ3v) is 3.87. The van der Waals surface area contributed by atoms with Crippen LogP contribution in [0.3, 0.4) is 0 Å². The van der Waals surface area contributed by atoms with Crippen LogP contribution in [0.5, 0.6) is 0 Å². The summed E-state index contributed by atoms with van der Waals surface area (Å²) >= 11 is 0. The summed E-state index contributed by atoms with van der Waals surface area (Å²) in [5.41, 5.74) is -0.314. The highest BCUT2D eigenvalue weighted by Gasteiger charge is 2.18. The van der Waals surface area contributed by atoms with Crippen LogP contribution in [0.25, 0.3) is 10.9 Å². The average molecular weight is 343 g/mol. The second-order valence-corrected chi connectivity index (χ2v) is 5.44. The second kappa shape index (κ2) is 6.84. The van der Waals surface area contributed by atoms with Crippen molar-refractivity contribution in [3.63, 3.8) is 0 Å². The van der Waals surface area contributed by atoms with Gasteiger partial charge in [-0.3, -0.25) is 4.79 Å². The number of para-hydroxylation sites is 1. The lowest BCUT2D eigenvalue weighted by Crippen LogP contribution is -2.21. The standard InChI is InChI=1S/C19H15F2NO3/c1-2-25-19(24)14-11-22(10-13-15(20)7-5-8-16(13)21)17-9-4-3-6-12(17)18(14)23/h3-9,11H,2,10H2,1H3. The summed E-state index contributed by atoms with van der Waals surface area (Å²) in [6, 6.07) is 10.2. The van der Waals surface area contributed by atoms with Crippen molar-refractivity contribution in [1.29, 1.82) is 0 Å². The van der Waals surface area contributed by atoms with E-state index >= 15 is 0 Å². The number of rotatable bonds is 4. The molecule has 0 aliphatic heterocycles. The van der Waals surface area contributed by atoms with Gasteiger partial charge in [-0.1, -0.05) is 18.2 Å². The number of carbonyl (C=O) groups is 1. The first-order valence-corrected chi connectivity index (χ1v) is 7.75. The average Bonchev–Trinajstić information content (AvgIpc) is 2.60. The maximum absolute atomic E-state index is 14.0. The van der Waals surface area contributed by atoms with E-state index < -0.39 is 23.0 Å². The van der Waals surface area contributed by atoms with E-state index in [1.54, 1.807) is 31.2 Å². The Kier molecular flexibility index (Phi) is 4.61. The Morgan fingerprint density at radius 1 is 1.08 bits per heavy atom. The molecule has 25 heavy (non-hydrogen) atoms. The molecule has 0 N–H and O–H groups in total. The molecular weight excluding hydrogens is 328 g/mol. The van der Waals surface area contributed by atoms with Crippen LogP contribution in [0.1, 0.15) is 22.8 Å². The van der Waals surface area contributed by atoms with Crippen molar-refractivity contribution >= 4 is 16.9 Å². The predicted molar refractivity (Wildman–Crippen MR) is 89.6 cm³/mol. The van der Waals surface area contributed by atoms with E-state index in [4.69, 9.17) is 4.74 Å². The third-order valence-electron chi connectivity index (χ3n) is 3.87. The lowest BCUT2D eigenvalue weighted by molar-refractivity contribution is 0.0524. The third kappa shape index (κ3) is 3.15. The van der Waals surface area contributed by atoms with Crippen LogP contribution in [0.15, 0.2) is 53.5 Å². The number of aromatic nitrogens is 1. The smallest absolute Gasteiger partial charge is 0.343 e. The minimum absolute atomic E-state index is 0.118. The zero-order valence-electron chi connectivity index (χ0n) is 13.5. The Hall–Kier alpha value is -3.02. The highest BCUT2D eigenvalue weighted by molar-refractivity contribution is 5.93. The largest absolute Gasteiger partial charge is 0.462 e. The van der Waals surface area contributed by atoms with Gasteiger partial charge < -0.3 is 9.30 Å². The highest BCUT2D eigenvalue weighted by atomic mass is 19.1. The van der Waals surface area contributed by atoms with Gasteiger partial charge in [-0.2, -0.15) is 0 Å². The molecule has 0 radical (unpaired) electrons. The van der Waals surface area contributed by atoms with E-state index in [2.05, 4.69) is 0 Å². The van der Waals surface area contributed by atoms with Crippen LogP contribution >= 0.6 is 0 Å². The molecule has 0 saturated heterocycles. The fourth-order valence-electron chi connectivity index (χ4n) is 2.68. The molecule has 0 atom stereocenters. The van der Waals surface area contributed by atoms with Gasteiger partial charge in [-0.25, -0.2) is 13.6 Å². The molecule has 0 spiro atoms. The summed E-state index contributed by atoms with van der Waals surface area (Å²) in [6.45, 7) is 1.59. The Bertz CT molecular complexity index is 991. The monoisotopic (exact) mass is 343 g/mol. The Morgan fingerprint density at radius 2 is 1.76 bits per heavy atom. The van der Waals surface area contributed by atoms with Gasteiger partial charge in [-0.15, -0.1) is 0 Å². The van der Waals surface area contributed by atoms with Gasteiger partial charge in [0.05, 0.1) is 18.7 Å². The van der Waals surface area contributed by atoms with E-state index in [1.807, 2.05) is 0 Å². The summed E-state index contributed by atoms with van der Waals surface area (Å²) in [7, 11) is 0. The molecule has 1 aromatic heterocycles. The lowest BCUT2D eigenvalue weighted by Gasteiger charge is -2.14. The quantitative estimate of drug-likeness (QED) is 0.681.